The Labute approximate surface area is 120 Å². The van der Waals surface area contributed by atoms with Gasteiger partial charge in [0.15, 0.2) is 0 Å². The Morgan fingerprint density at radius 1 is 1.35 bits per heavy atom. The maximum atomic E-state index is 12.5. The number of nitrogens with zero attached hydrogens (tertiary/aromatic N) is 2. The van der Waals surface area contributed by atoms with Crippen LogP contribution in [0.5, 0.6) is 0 Å². The molecule has 0 atom stereocenters. The van der Waals surface area contributed by atoms with Gasteiger partial charge in [0.05, 0.1) is 24.0 Å². The van der Waals surface area contributed by atoms with Gasteiger partial charge in [-0.2, -0.15) is 9.57 Å². The van der Waals surface area contributed by atoms with E-state index in [0.29, 0.717) is 24.3 Å². The van der Waals surface area contributed by atoms with Crippen LogP contribution in [0.2, 0.25) is 0 Å². The minimum absolute atomic E-state index is 0.149. The molecule has 1 aromatic rings. The van der Waals surface area contributed by atoms with Gasteiger partial charge in [0.1, 0.15) is 0 Å². The van der Waals surface area contributed by atoms with Crippen LogP contribution in [0, 0.1) is 11.3 Å². The van der Waals surface area contributed by atoms with Crippen molar-refractivity contribution in [1.29, 1.82) is 5.26 Å². The highest BCUT2D eigenvalue weighted by Crippen LogP contribution is 2.16. The fourth-order valence-electron chi connectivity index (χ4n) is 1.93. The van der Waals surface area contributed by atoms with Crippen molar-refractivity contribution in [3.8, 4) is 6.07 Å². The molecule has 0 radical (unpaired) electrons. The molecular formula is C14H20N2O3S. The minimum atomic E-state index is -3.48. The number of ether oxygens (including phenoxy) is 1. The van der Waals surface area contributed by atoms with Gasteiger partial charge in [-0.25, -0.2) is 8.42 Å². The van der Waals surface area contributed by atoms with E-state index in [2.05, 4.69) is 0 Å². The van der Waals surface area contributed by atoms with Gasteiger partial charge in [-0.1, -0.05) is 18.2 Å². The van der Waals surface area contributed by atoms with Crippen molar-refractivity contribution in [1.82, 2.24) is 4.31 Å². The molecule has 0 saturated heterocycles. The van der Waals surface area contributed by atoms with Gasteiger partial charge in [0.2, 0.25) is 10.0 Å². The van der Waals surface area contributed by atoms with Gasteiger partial charge in [-0.3, -0.25) is 0 Å². The molecule has 0 fully saturated rings. The van der Waals surface area contributed by atoms with Crippen molar-refractivity contribution in [2.75, 3.05) is 20.3 Å². The summed E-state index contributed by atoms with van der Waals surface area (Å²) >= 11 is 0. The third-order valence-electron chi connectivity index (χ3n) is 2.92. The molecule has 0 bridgehead atoms. The Balaban J connectivity index is 3.00. The molecule has 0 aliphatic heterocycles. The summed E-state index contributed by atoms with van der Waals surface area (Å²) in [5.41, 5.74) is 0.921. The molecule has 6 heteroatoms. The van der Waals surface area contributed by atoms with Gasteiger partial charge >= 0.3 is 0 Å². The molecule has 5 nitrogen and oxygen atoms in total. The number of sulfonamides is 1. The van der Waals surface area contributed by atoms with Crippen molar-refractivity contribution >= 4 is 10.0 Å². The molecule has 0 saturated carbocycles. The lowest BCUT2D eigenvalue weighted by Gasteiger charge is -2.25. The minimum Gasteiger partial charge on any atom is -0.383 e. The summed E-state index contributed by atoms with van der Waals surface area (Å²) < 4.78 is 31.3. The maximum Gasteiger partial charge on any atom is 0.218 e. The molecule has 0 unspecified atom stereocenters. The molecule has 1 rings (SSSR count). The highest BCUT2D eigenvalue weighted by Gasteiger charge is 2.25. The lowest BCUT2D eigenvalue weighted by atomic mass is 10.1. The number of nitriles is 1. The van der Waals surface area contributed by atoms with Crippen LogP contribution in [0.15, 0.2) is 24.3 Å². The largest absolute Gasteiger partial charge is 0.383 e. The first-order valence-electron chi connectivity index (χ1n) is 6.39. The van der Waals surface area contributed by atoms with E-state index < -0.39 is 10.0 Å². The number of hydrogen-bond donors (Lipinski definition) is 0. The topological polar surface area (TPSA) is 70.4 Å². The predicted octanol–water partition coefficient (Wildman–Crippen LogP) is 1.74. The van der Waals surface area contributed by atoms with E-state index in [0.717, 1.165) is 0 Å². The zero-order chi connectivity index (χ0) is 15.2. The van der Waals surface area contributed by atoms with Crippen LogP contribution in [-0.4, -0.2) is 39.0 Å². The summed E-state index contributed by atoms with van der Waals surface area (Å²) in [6.45, 7) is 4.30. The molecule has 0 aromatic heterocycles. The average Bonchev–Trinajstić information content (AvgIpc) is 2.38. The predicted molar refractivity (Wildman–Crippen MR) is 77.5 cm³/mol. The first-order valence-corrected chi connectivity index (χ1v) is 7.99. The molecule has 0 amide bonds. The standard InChI is InChI=1S/C14H20N2O3S/c1-12(2)16(8-9-19-3)20(17,18)11-14-7-5-4-6-13(14)10-15/h4-7,12H,8-9,11H2,1-3H3. The number of methoxy groups -OCH3 is 1. The first-order chi connectivity index (χ1) is 9.42. The Hall–Kier alpha value is -1.42. The zero-order valence-electron chi connectivity index (χ0n) is 12.0. The van der Waals surface area contributed by atoms with Crippen molar-refractivity contribution in [2.45, 2.75) is 25.6 Å². The van der Waals surface area contributed by atoms with Gasteiger partial charge in [-0.15, -0.1) is 0 Å². The second-order valence-electron chi connectivity index (χ2n) is 4.72. The van der Waals surface area contributed by atoms with Gasteiger partial charge in [0, 0.05) is 19.7 Å². The normalized spacial score (nSPS) is 11.8. The lowest BCUT2D eigenvalue weighted by Crippen LogP contribution is -2.40. The third-order valence-corrected chi connectivity index (χ3v) is 4.92. The second kappa shape index (κ2) is 7.39. The molecular weight excluding hydrogens is 276 g/mol. The van der Waals surface area contributed by atoms with Crippen molar-refractivity contribution in [3.05, 3.63) is 35.4 Å². The van der Waals surface area contributed by atoms with E-state index in [1.807, 2.05) is 19.9 Å². The van der Waals surface area contributed by atoms with Crippen molar-refractivity contribution in [3.63, 3.8) is 0 Å². The molecule has 20 heavy (non-hydrogen) atoms. The Morgan fingerprint density at radius 3 is 2.55 bits per heavy atom. The average molecular weight is 296 g/mol. The van der Waals surface area contributed by atoms with Gasteiger partial charge in [-0.05, 0) is 25.5 Å². The SMILES string of the molecule is COCCN(C(C)C)S(=O)(=O)Cc1ccccc1C#N. The molecule has 0 spiro atoms. The summed E-state index contributed by atoms with van der Waals surface area (Å²) in [6.07, 6.45) is 0. The van der Waals surface area contributed by atoms with Gasteiger partial charge < -0.3 is 4.74 Å². The fraction of sp³-hybridized carbons (Fsp3) is 0.500. The number of hydrogen-bond acceptors (Lipinski definition) is 4. The summed E-state index contributed by atoms with van der Waals surface area (Å²) in [5.74, 6) is -0.168. The Kier molecular flexibility index (Phi) is 6.14. The smallest absolute Gasteiger partial charge is 0.218 e. The quantitative estimate of drug-likeness (QED) is 0.768. The number of benzene rings is 1. The summed E-state index contributed by atoms with van der Waals surface area (Å²) in [6, 6.07) is 8.63. The zero-order valence-corrected chi connectivity index (χ0v) is 12.9. The second-order valence-corrected chi connectivity index (χ2v) is 6.64. The highest BCUT2D eigenvalue weighted by molar-refractivity contribution is 7.88. The molecule has 110 valence electrons. The van der Waals surface area contributed by atoms with Crippen LogP contribution in [-0.2, 0) is 20.5 Å². The van der Waals surface area contributed by atoms with Crippen LogP contribution in [0.4, 0.5) is 0 Å². The van der Waals surface area contributed by atoms with Crippen molar-refractivity contribution < 1.29 is 13.2 Å². The Bertz CT molecular complexity index is 576. The molecule has 0 aliphatic carbocycles. The lowest BCUT2D eigenvalue weighted by molar-refractivity contribution is 0.171. The van der Waals surface area contributed by atoms with E-state index in [1.54, 1.807) is 24.3 Å². The van der Waals surface area contributed by atoms with E-state index in [1.165, 1.54) is 11.4 Å². The summed E-state index contributed by atoms with van der Waals surface area (Å²) in [4.78, 5) is 0. The molecule has 1 aromatic carbocycles. The van der Waals surface area contributed by atoms with Crippen molar-refractivity contribution in [2.24, 2.45) is 0 Å². The molecule has 0 heterocycles. The highest BCUT2D eigenvalue weighted by atomic mass is 32.2. The first kappa shape index (κ1) is 16.6. The molecule has 0 aliphatic rings. The van der Waals surface area contributed by atoms with Crippen LogP contribution in [0.1, 0.15) is 25.0 Å². The fourth-order valence-corrected chi connectivity index (χ4v) is 3.74. The Morgan fingerprint density at radius 2 is 2.00 bits per heavy atom. The van der Waals surface area contributed by atoms with Crippen LogP contribution in [0.3, 0.4) is 0 Å². The summed E-state index contributed by atoms with van der Waals surface area (Å²) in [7, 11) is -1.94. The maximum absolute atomic E-state index is 12.5. The van der Waals surface area contributed by atoms with Crippen LogP contribution >= 0.6 is 0 Å². The number of rotatable bonds is 7. The summed E-state index contributed by atoms with van der Waals surface area (Å²) in [5, 5.41) is 9.03. The van der Waals surface area contributed by atoms with E-state index in [4.69, 9.17) is 10.00 Å². The van der Waals surface area contributed by atoms with Crippen LogP contribution in [0.25, 0.3) is 0 Å². The van der Waals surface area contributed by atoms with E-state index in [-0.39, 0.29) is 11.8 Å². The van der Waals surface area contributed by atoms with Gasteiger partial charge in [0.25, 0.3) is 0 Å². The molecule has 0 N–H and O–H groups in total. The van der Waals surface area contributed by atoms with E-state index in [9.17, 15) is 8.42 Å². The van der Waals surface area contributed by atoms with E-state index >= 15 is 0 Å². The third kappa shape index (κ3) is 4.30. The monoisotopic (exact) mass is 296 g/mol. The van der Waals surface area contributed by atoms with Crippen LogP contribution < -0.4 is 0 Å².